The predicted molar refractivity (Wildman–Crippen MR) is 76.3 cm³/mol. The summed E-state index contributed by atoms with van der Waals surface area (Å²) in [5, 5.41) is 9.94. The van der Waals surface area contributed by atoms with E-state index in [2.05, 4.69) is 0 Å². The van der Waals surface area contributed by atoms with Gasteiger partial charge in [-0.1, -0.05) is 6.07 Å². The van der Waals surface area contributed by atoms with Crippen LogP contribution in [-0.4, -0.2) is 19.0 Å². The Balaban J connectivity index is 1.94. The summed E-state index contributed by atoms with van der Waals surface area (Å²) in [6, 6.07) is 10.7. The normalized spacial score (nSPS) is 13.9. The van der Waals surface area contributed by atoms with Crippen LogP contribution in [0, 0.1) is 0 Å². The first-order valence-electron chi connectivity index (χ1n) is 6.61. The summed E-state index contributed by atoms with van der Waals surface area (Å²) in [7, 11) is 1.56. The van der Waals surface area contributed by atoms with Crippen LogP contribution >= 0.6 is 0 Å². The Labute approximate surface area is 122 Å². The molecule has 2 aromatic carbocycles. The van der Waals surface area contributed by atoms with E-state index in [-0.39, 0.29) is 6.79 Å². The van der Waals surface area contributed by atoms with Crippen LogP contribution in [0.3, 0.4) is 0 Å². The largest absolute Gasteiger partial charge is 0.496 e. The Morgan fingerprint density at radius 2 is 1.86 bits per heavy atom. The molecule has 0 spiro atoms. The number of ether oxygens (including phenoxy) is 4. The first kappa shape index (κ1) is 13.6. The van der Waals surface area contributed by atoms with Crippen molar-refractivity contribution in [1.29, 1.82) is 0 Å². The Hall–Kier alpha value is -2.40. The highest BCUT2D eigenvalue weighted by Crippen LogP contribution is 2.40. The minimum absolute atomic E-state index is 0.219. The van der Waals surface area contributed by atoms with E-state index < -0.39 is 6.10 Å². The van der Waals surface area contributed by atoms with Gasteiger partial charge in [0.15, 0.2) is 11.5 Å². The van der Waals surface area contributed by atoms with E-state index in [0.29, 0.717) is 34.3 Å². The van der Waals surface area contributed by atoms with Crippen molar-refractivity contribution in [2.45, 2.75) is 13.0 Å². The van der Waals surface area contributed by atoms with Crippen molar-refractivity contribution in [3.05, 3.63) is 42.0 Å². The van der Waals surface area contributed by atoms with Crippen molar-refractivity contribution in [3.8, 4) is 28.7 Å². The maximum absolute atomic E-state index is 9.94. The van der Waals surface area contributed by atoms with Gasteiger partial charge in [-0.15, -0.1) is 0 Å². The number of rotatable bonds is 4. The summed E-state index contributed by atoms with van der Waals surface area (Å²) in [4.78, 5) is 0. The minimum atomic E-state index is -0.704. The molecule has 21 heavy (non-hydrogen) atoms. The van der Waals surface area contributed by atoms with E-state index in [4.69, 9.17) is 18.9 Å². The number of aliphatic hydroxyl groups excluding tert-OH is 1. The van der Waals surface area contributed by atoms with E-state index in [1.807, 2.05) is 6.07 Å². The molecular formula is C16H16O5. The van der Waals surface area contributed by atoms with Gasteiger partial charge in [0.1, 0.15) is 17.2 Å². The smallest absolute Gasteiger partial charge is 0.231 e. The van der Waals surface area contributed by atoms with Crippen molar-refractivity contribution < 1.29 is 24.1 Å². The SMILES string of the molecule is COc1cccc(Oc2ccc3c(c2)OCO3)c1[C@H](C)O. The molecule has 1 heterocycles. The Bertz CT molecular complexity index is 651. The zero-order valence-corrected chi connectivity index (χ0v) is 11.8. The molecule has 0 radical (unpaired) electrons. The lowest BCUT2D eigenvalue weighted by Gasteiger charge is -2.16. The number of benzene rings is 2. The third-order valence-electron chi connectivity index (χ3n) is 3.24. The third kappa shape index (κ3) is 2.60. The highest BCUT2D eigenvalue weighted by Gasteiger charge is 2.18. The van der Waals surface area contributed by atoms with Gasteiger partial charge in [-0.25, -0.2) is 0 Å². The van der Waals surface area contributed by atoms with Gasteiger partial charge >= 0.3 is 0 Å². The zero-order valence-electron chi connectivity index (χ0n) is 11.8. The van der Waals surface area contributed by atoms with Gasteiger partial charge in [0.2, 0.25) is 6.79 Å². The number of fused-ring (bicyclic) bond motifs is 1. The minimum Gasteiger partial charge on any atom is -0.496 e. The van der Waals surface area contributed by atoms with Crippen LogP contribution in [-0.2, 0) is 0 Å². The van der Waals surface area contributed by atoms with E-state index in [1.165, 1.54) is 0 Å². The molecule has 2 aromatic rings. The van der Waals surface area contributed by atoms with Crippen molar-refractivity contribution in [2.75, 3.05) is 13.9 Å². The molecule has 0 aromatic heterocycles. The zero-order chi connectivity index (χ0) is 14.8. The lowest BCUT2D eigenvalue weighted by Crippen LogP contribution is -2.00. The van der Waals surface area contributed by atoms with Gasteiger partial charge in [-0.05, 0) is 31.2 Å². The molecule has 0 saturated heterocycles. The molecule has 3 rings (SSSR count). The predicted octanol–water partition coefficient (Wildman–Crippen LogP) is 3.27. The quantitative estimate of drug-likeness (QED) is 0.935. The molecule has 0 fully saturated rings. The fraction of sp³-hybridized carbons (Fsp3) is 0.250. The van der Waals surface area contributed by atoms with Gasteiger partial charge in [-0.2, -0.15) is 0 Å². The Kier molecular flexibility index (Phi) is 3.58. The summed E-state index contributed by atoms with van der Waals surface area (Å²) in [5.74, 6) is 3.08. The molecule has 0 aliphatic carbocycles. The molecular weight excluding hydrogens is 272 g/mol. The summed E-state index contributed by atoms with van der Waals surface area (Å²) >= 11 is 0. The number of aliphatic hydroxyl groups is 1. The van der Waals surface area contributed by atoms with E-state index in [9.17, 15) is 5.11 Å². The number of hydrogen-bond acceptors (Lipinski definition) is 5. The lowest BCUT2D eigenvalue weighted by atomic mass is 10.1. The number of hydrogen-bond donors (Lipinski definition) is 1. The average Bonchev–Trinajstić information content (AvgIpc) is 2.94. The van der Waals surface area contributed by atoms with Crippen LogP contribution in [0.1, 0.15) is 18.6 Å². The van der Waals surface area contributed by atoms with Crippen LogP contribution in [0.4, 0.5) is 0 Å². The summed E-state index contributed by atoms with van der Waals surface area (Å²) in [6.07, 6.45) is -0.704. The highest BCUT2D eigenvalue weighted by atomic mass is 16.7. The summed E-state index contributed by atoms with van der Waals surface area (Å²) < 4.78 is 21.7. The topological polar surface area (TPSA) is 57.2 Å². The molecule has 5 heteroatoms. The van der Waals surface area contributed by atoms with Crippen molar-refractivity contribution >= 4 is 0 Å². The second kappa shape index (κ2) is 5.54. The molecule has 0 bridgehead atoms. The van der Waals surface area contributed by atoms with Gasteiger partial charge in [0.05, 0.1) is 18.8 Å². The molecule has 0 amide bonds. The molecule has 0 unspecified atom stereocenters. The Morgan fingerprint density at radius 3 is 2.62 bits per heavy atom. The van der Waals surface area contributed by atoms with E-state index in [1.54, 1.807) is 44.4 Å². The first-order valence-corrected chi connectivity index (χ1v) is 6.61. The maximum Gasteiger partial charge on any atom is 0.231 e. The second-order valence-electron chi connectivity index (χ2n) is 4.67. The van der Waals surface area contributed by atoms with Crippen LogP contribution in [0.15, 0.2) is 36.4 Å². The average molecular weight is 288 g/mol. The fourth-order valence-electron chi connectivity index (χ4n) is 2.27. The monoisotopic (exact) mass is 288 g/mol. The molecule has 110 valence electrons. The summed E-state index contributed by atoms with van der Waals surface area (Å²) in [5.41, 5.74) is 0.609. The molecule has 1 aliphatic rings. The van der Waals surface area contributed by atoms with E-state index >= 15 is 0 Å². The van der Waals surface area contributed by atoms with E-state index in [0.717, 1.165) is 0 Å². The third-order valence-corrected chi connectivity index (χ3v) is 3.24. The molecule has 1 atom stereocenters. The number of methoxy groups -OCH3 is 1. The van der Waals surface area contributed by atoms with Gasteiger partial charge in [-0.3, -0.25) is 0 Å². The van der Waals surface area contributed by atoms with Gasteiger partial charge < -0.3 is 24.1 Å². The summed E-state index contributed by atoms with van der Waals surface area (Å²) in [6.45, 7) is 1.89. The van der Waals surface area contributed by atoms with Crippen molar-refractivity contribution in [3.63, 3.8) is 0 Å². The fourth-order valence-corrected chi connectivity index (χ4v) is 2.27. The maximum atomic E-state index is 9.94. The molecule has 5 nitrogen and oxygen atoms in total. The highest BCUT2D eigenvalue weighted by molar-refractivity contribution is 5.51. The molecule has 1 aliphatic heterocycles. The van der Waals surface area contributed by atoms with Crippen LogP contribution in [0.5, 0.6) is 28.7 Å². The van der Waals surface area contributed by atoms with Crippen LogP contribution in [0.25, 0.3) is 0 Å². The van der Waals surface area contributed by atoms with Gasteiger partial charge in [0, 0.05) is 6.07 Å². The van der Waals surface area contributed by atoms with Gasteiger partial charge in [0.25, 0.3) is 0 Å². The van der Waals surface area contributed by atoms with Crippen LogP contribution in [0.2, 0.25) is 0 Å². The Morgan fingerprint density at radius 1 is 1.10 bits per heavy atom. The van der Waals surface area contributed by atoms with Crippen LogP contribution < -0.4 is 18.9 Å². The molecule has 1 N–H and O–H groups in total. The van der Waals surface area contributed by atoms with Crippen molar-refractivity contribution in [1.82, 2.24) is 0 Å². The standard InChI is InChI=1S/C16H16O5/c1-10(17)16-13(18-2)4-3-5-14(16)21-11-6-7-12-15(8-11)20-9-19-12/h3-8,10,17H,9H2,1-2H3/t10-/m0/s1. The molecule has 0 saturated carbocycles. The lowest BCUT2D eigenvalue weighted by molar-refractivity contribution is 0.174. The first-order chi connectivity index (χ1) is 10.2. The second-order valence-corrected chi connectivity index (χ2v) is 4.67. The van der Waals surface area contributed by atoms with Crippen molar-refractivity contribution in [2.24, 2.45) is 0 Å².